The summed E-state index contributed by atoms with van der Waals surface area (Å²) in [4.78, 5) is 27.4. The van der Waals surface area contributed by atoms with E-state index in [1.165, 1.54) is 0 Å². The molecule has 1 heterocycles. The van der Waals surface area contributed by atoms with Gasteiger partial charge in [0.2, 0.25) is 11.8 Å². The Balaban J connectivity index is 1.71. The van der Waals surface area contributed by atoms with Gasteiger partial charge in [0, 0.05) is 24.0 Å². The van der Waals surface area contributed by atoms with Crippen LogP contribution in [0.5, 0.6) is 11.5 Å². The maximum atomic E-state index is 13.2. The fourth-order valence-electron chi connectivity index (χ4n) is 3.41. The average Bonchev–Trinajstić information content (AvgIpc) is 2.76. The molecular weight excluding hydrogens is 416 g/mol. The van der Waals surface area contributed by atoms with Gasteiger partial charge in [-0.3, -0.25) is 9.59 Å². The van der Waals surface area contributed by atoms with Crippen LogP contribution in [0.1, 0.15) is 38.3 Å². The van der Waals surface area contributed by atoms with Crippen LogP contribution in [-0.4, -0.2) is 42.0 Å². The van der Waals surface area contributed by atoms with E-state index in [0.29, 0.717) is 37.0 Å². The van der Waals surface area contributed by atoms with Gasteiger partial charge in [0.25, 0.3) is 0 Å². The van der Waals surface area contributed by atoms with Gasteiger partial charge < -0.3 is 19.7 Å². The molecule has 0 fully saturated rings. The Bertz CT molecular complexity index is 914. The highest BCUT2D eigenvalue weighted by Gasteiger charge is 2.26. The van der Waals surface area contributed by atoms with Crippen molar-refractivity contribution in [3.8, 4) is 11.5 Å². The van der Waals surface area contributed by atoms with Gasteiger partial charge in [-0.1, -0.05) is 29.8 Å². The van der Waals surface area contributed by atoms with E-state index < -0.39 is 6.04 Å². The normalized spacial score (nSPS) is 13.6. The topological polar surface area (TPSA) is 67.9 Å². The second kappa shape index (κ2) is 10.5. The van der Waals surface area contributed by atoms with Crippen molar-refractivity contribution in [3.05, 3.63) is 58.6 Å². The molecule has 1 unspecified atom stereocenters. The number of nitrogens with one attached hydrogen (secondary N) is 1. The Morgan fingerprint density at radius 1 is 1.00 bits per heavy atom. The molecule has 0 radical (unpaired) electrons. The van der Waals surface area contributed by atoms with E-state index in [0.717, 1.165) is 16.9 Å². The van der Waals surface area contributed by atoms with E-state index in [1.54, 1.807) is 24.0 Å². The number of hydrogen-bond donors (Lipinski definition) is 1. The van der Waals surface area contributed by atoms with Crippen LogP contribution in [0.15, 0.2) is 42.5 Å². The Kier molecular flexibility index (Phi) is 7.80. The zero-order chi connectivity index (χ0) is 22.4. The Hall–Kier alpha value is -2.73. The molecule has 166 valence electrons. The van der Waals surface area contributed by atoms with Crippen LogP contribution in [0.3, 0.4) is 0 Å². The molecule has 2 aromatic carbocycles. The summed E-state index contributed by atoms with van der Waals surface area (Å²) in [6.45, 7) is 6.96. The van der Waals surface area contributed by atoms with E-state index in [4.69, 9.17) is 21.1 Å². The van der Waals surface area contributed by atoms with Gasteiger partial charge in [-0.05, 0) is 62.6 Å². The third-order valence-corrected chi connectivity index (χ3v) is 5.35. The number of benzene rings is 2. The van der Waals surface area contributed by atoms with Gasteiger partial charge in [0.1, 0.15) is 19.3 Å². The first kappa shape index (κ1) is 22.9. The predicted molar refractivity (Wildman–Crippen MR) is 120 cm³/mol. The lowest BCUT2D eigenvalue weighted by molar-refractivity contribution is -0.140. The molecular formula is C24H29ClN2O4. The zero-order valence-corrected chi connectivity index (χ0v) is 18.9. The molecule has 0 bridgehead atoms. The predicted octanol–water partition coefficient (Wildman–Crippen LogP) is 3.99. The van der Waals surface area contributed by atoms with E-state index >= 15 is 0 Å². The average molecular weight is 445 g/mol. The van der Waals surface area contributed by atoms with Crippen LogP contribution in [0, 0.1) is 0 Å². The summed E-state index contributed by atoms with van der Waals surface area (Å²) in [6.07, 6.45) is 0.831. The number of carbonyl (C=O) groups is 2. The number of halogens is 1. The van der Waals surface area contributed by atoms with E-state index in [-0.39, 0.29) is 24.3 Å². The molecule has 7 heteroatoms. The second-order valence-corrected chi connectivity index (χ2v) is 8.40. The van der Waals surface area contributed by atoms with Crippen LogP contribution in [0.25, 0.3) is 0 Å². The zero-order valence-electron chi connectivity index (χ0n) is 18.2. The van der Waals surface area contributed by atoms with Gasteiger partial charge in [0.15, 0.2) is 11.5 Å². The first-order chi connectivity index (χ1) is 14.8. The minimum absolute atomic E-state index is 0.000137. The summed E-state index contributed by atoms with van der Waals surface area (Å²) < 4.78 is 11.2. The summed E-state index contributed by atoms with van der Waals surface area (Å²) in [5, 5.41) is 3.53. The molecule has 0 aliphatic carbocycles. The maximum Gasteiger partial charge on any atom is 0.242 e. The second-order valence-electron chi connectivity index (χ2n) is 7.97. The fraction of sp³-hybridized carbons (Fsp3) is 0.417. The minimum atomic E-state index is -0.592. The molecule has 2 amide bonds. The number of amides is 2. The highest BCUT2D eigenvalue weighted by Crippen LogP contribution is 2.31. The van der Waals surface area contributed by atoms with Crippen molar-refractivity contribution in [2.45, 2.75) is 52.2 Å². The van der Waals surface area contributed by atoms with Crippen LogP contribution in [0.2, 0.25) is 5.02 Å². The van der Waals surface area contributed by atoms with Gasteiger partial charge in [0.05, 0.1) is 0 Å². The lowest BCUT2D eigenvalue weighted by Gasteiger charge is -2.29. The number of fused-ring (bicyclic) bond motifs is 1. The molecule has 1 N–H and O–H groups in total. The van der Waals surface area contributed by atoms with Crippen molar-refractivity contribution < 1.29 is 19.1 Å². The largest absolute Gasteiger partial charge is 0.486 e. The highest BCUT2D eigenvalue weighted by atomic mass is 35.5. The lowest BCUT2D eigenvalue weighted by Crippen LogP contribution is -2.49. The molecule has 1 aliphatic heterocycles. The summed E-state index contributed by atoms with van der Waals surface area (Å²) in [7, 11) is 0. The maximum absolute atomic E-state index is 13.2. The van der Waals surface area contributed by atoms with E-state index in [2.05, 4.69) is 5.32 Å². The molecule has 0 saturated carbocycles. The van der Waals surface area contributed by atoms with Crippen LogP contribution in [-0.2, 0) is 22.6 Å². The summed E-state index contributed by atoms with van der Waals surface area (Å²) in [5.41, 5.74) is 1.91. The van der Waals surface area contributed by atoms with Crippen molar-refractivity contribution in [2.24, 2.45) is 0 Å². The third kappa shape index (κ3) is 6.37. The van der Waals surface area contributed by atoms with Crippen molar-refractivity contribution in [2.75, 3.05) is 13.2 Å². The molecule has 31 heavy (non-hydrogen) atoms. The molecule has 1 aliphatic rings. The molecule has 0 spiro atoms. The van der Waals surface area contributed by atoms with Crippen molar-refractivity contribution in [1.82, 2.24) is 10.2 Å². The quantitative estimate of drug-likeness (QED) is 0.668. The smallest absolute Gasteiger partial charge is 0.242 e. The summed E-state index contributed by atoms with van der Waals surface area (Å²) in [6, 6.07) is 12.5. The van der Waals surface area contributed by atoms with Gasteiger partial charge in [-0.15, -0.1) is 0 Å². The summed E-state index contributed by atoms with van der Waals surface area (Å²) in [5.74, 6) is 1.18. The first-order valence-corrected chi connectivity index (χ1v) is 10.9. The Morgan fingerprint density at radius 2 is 1.65 bits per heavy atom. The number of rotatable bonds is 8. The Morgan fingerprint density at radius 3 is 2.32 bits per heavy atom. The number of carbonyl (C=O) groups excluding carboxylic acids is 2. The monoisotopic (exact) mass is 444 g/mol. The van der Waals surface area contributed by atoms with Gasteiger partial charge in [-0.25, -0.2) is 0 Å². The lowest BCUT2D eigenvalue weighted by atomic mass is 10.1. The molecule has 0 aromatic heterocycles. The number of aryl methyl sites for hydroxylation is 1. The van der Waals surface area contributed by atoms with Crippen molar-refractivity contribution in [3.63, 3.8) is 0 Å². The van der Waals surface area contributed by atoms with Crippen molar-refractivity contribution in [1.29, 1.82) is 0 Å². The number of nitrogens with zero attached hydrogens (tertiary/aromatic N) is 1. The standard InChI is InChI=1S/C24H29ClN2O4/c1-16(2)26-24(29)17(3)27(15-19-4-8-20(25)9-5-19)23(28)11-7-18-6-10-21-22(14-18)31-13-12-30-21/h4-6,8-10,14,16-17H,7,11-13,15H2,1-3H3,(H,26,29). The third-order valence-electron chi connectivity index (χ3n) is 5.10. The highest BCUT2D eigenvalue weighted by molar-refractivity contribution is 6.30. The summed E-state index contributed by atoms with van der Waals surface area (Å²) >= 11 is 5.99. The van der Waals surface area contributed by atoms with Crippen molar-refractivity contribution >= 4 is 23.4 Å². The molecule has 2 aromatic rings. The van der Waals surface area contributed by atoms with Crippen LogP contribution in [0.4, 0.5) is 0 Å². The SMILES string of the molecule is CC(C)NC(=O)C(C)N(Cc1ccc(Cl)cc1)C(=O)CCc1ccc2c(c1)OCCO2. The van der Waals surface area contributed by atoms with Gasteiger partial charge >= 0.3 is 0 Å². The van der Waals surface area contributed by atoms with Crippen LogP contribution < -0.4 is 14.8 Å². The van der Waals surface area contributed by atoms with Gasteiger partial charge in [-0.2, -0.15) is 0 Å². The number of hydrogen-bond acceptors (Lipinski definition) is 4. The molecule has 0 saturated heterocycles. The van der Waals surface area contributed by atoms with E-state index in [9.17, 15) is 9.59 Å². The number of ether oxygens (including phenoxy) is 2. The fourth-order valence-corrected chi connectivity index (χ4v) is 3.54. The minimum Gasteiger partial charge on any atom is -0.486 e. The first-order valence-electron chi connectivity index (χ1n) is 10.6. The molecule has 6 nitrogen and oxygen atoms in total. The molecule has 1 atom stereocenters. The van der Waals surface area contributed by atoms with E-state index in [1.807, 2.05) is 44.2 Å². The Labute approximate surface area is 188 Å². The van der Waals surface area contributed by atoms with Crippen LogP contribution >= 0.6 is 11.6 Å². The molecule has 3 rings (SSSR count).